The van der Waals surface area contributed by atoms with Crippen LogP contribution in [0.1, 0.15) is 34.8 Å². The highest BCUT2D eigenvalue weighted by Crippen LogP contribution is 2.37. The fourth-order valence-corrected chi connectivity index (χ4v) is 5.16. The van der Waals surface area contributed by atoms with Gasteiger partial charge in [-0.15, -0.1) is 0 Å². The molecule has 1 fully saturated rings. The second-order valence-corrected chi connectivity index (χ2v) is 10.1. The van der Waals surface area contributed by atoms with Crippen molar-refractivity contribution in [3.8, 4) is 5.69 Å². The Labute approximate surface area is 227 Å². The molecule has 1 atom stereocenters. The van der Waals surface area contributed by atoms with E-state index in [1.807, 2.05) is 10.6 Å². The van der Waals surface area contributed by atoms with E-state index in [9.17, 15) is 14.4 Å². The van der Waals surface area contributed by atoms with E-state index < -0.39 is 17.9 Å². The van der Waals surface area contributed by atoms with Crippen molar-refractivity contribution in [2.75, 3.05) is 7.11 Å². The van der Waals surface area contributed by atoms with Crippen molar-refractivity contribution < 1.29 is 14.3 Å². The first-order valence-electron chi connectivity index (χ1n) is 11.6. The molecule has 3 aromatic carbocycles. The number of hydrogen-bond donors (Lipinski definition) is 1. The second-order valence-electron chi connectivity index (χ2n) is 8.87. The van der Waals surface area contributed by atoms with Gasteiger partial charge in [-0.1, -0.05) is 53.0 Å². The van der Waals surface area contributed by atoms with E-state index in [1.54, 1.807) is 59.2 Å². The predicted octanol–water partition coefficient (Wildman–Crippen LogP) is 5.60. The van der Waals surface area contributed by atoms with Gasteiger partial charge in [-0.25, -0.2) is 9.59 Å². The van der Waals surface area contributed by atoms with Crippen LogP contribution >= 0.6 is 34.8 Å². The number of hydrogen-bond acceptors (Lipinski definition) is 4. The second kappa shape index (κ2) is 10.2. The molecule has 5 rings (SSSR count). The third kappa shape index (κ3) is 4.99. The number of nitrogens with zero attached hydrogens (tertiary/aromatic N) is 2. The Morgan fingerprint density at radius 2 is 1.68 bits per heavy atom. The van der Waals surface area contributed by atoms with Gasteiger partial charge in [0.2, 0.25) is 0 Å². The van der Waals surface area contributed by atoms with Crippen molar-refractivity contribution in [3.63, 3.8) is 0 Å². The largest absolute Gasteiger partial charge is 0.467 e. The first-order chi connectivity index (χ1) is 17.8. The molecule has 1 amide bonds. The summed E-state index contributed by atoms with van der Waals surface area (Å²) in [7, 11) is 1.25. The van der Waals surface area contributed by atoms with Gasteiger partial charge in [-0.05, 0) is 60.9 Å². The number of carbonyl (C=O) groups excluding carboxylic acids is 2. The smallest absolute Gasteiger partial charge is 0.333 e. The number of benzene rings is 3. The predicted molar refractivity (Wildman–Crippen MR) is 144 cm³/mol. The van der Waals surface area contributed by atoms with Crippen molar-refractivity contribution in [2.45, 2.75) is 31.3 Å². The van der Waals surface area contributed by atoms with E-state index in [0.29, 0.717) is 10.7 Å². The number of amides is 1. The van der Waals surface area contributed by atoms with Crippen LogP contribution < -0.4 is 11.0 Å². The minimum atomic E-state index is -0.978. The number of nitrogens with one attached hydrogen (secondary N) is 1. The number of imidazole rings is 1. The maximum absolute atomic E-state index is 13.3. The van der Waals surface area contributed by atoms with Gasteiger partial charge in [0.1, 0.15) is 6.04 Å². The van der Waals surface area contributed by atoms with Crippen molar-refractivity contribution in [2.24, 2.45) is 0 Å². The summed E-state index contributed by atoms with van der Waals surface area (Å²) < 4.78 is 8.36. The number of ether oxygens (including phenoxy) is 1. The van der Waals surface area contributed by atoms with Crippen LogP contribution in [0.5, 0.6) is 0 Å². The summed E-state index contributed by atoms with van der Waals surface area (Å²) in [5.74, 6) is -1.20. The van der Waals surface area contributed by atoms with E-state index in [2.05, 4.69) is 5.32 Å². The monoisotopic (exact) mass is 557 g/mol. The molecule has 1 aliphatic rings. The van der Waals surface area contributed by atoms with Gasteiger partial charge < -0.3 is 10.1 Å². The minimum Gasteiger partial charge on any atom is -0.467 e. The highest BCUT2D eigenvalue weighted by atomic mass is 35.5. The molecule has 0 bridgehead atoms. The van der Waals surface area contributed by atoms with E-state index in [0.717, 1.165) is 29.4 Å². The van der Waals surface area contributed by atoms with Crippen LogP contribution in [0.25, 0.3) is 16.7 Å². The summed E-state index contributed by atoms with van der Waals surface area (Å²) in [5.41, 5.74) is 2.95. The molecule has 1 N–H and O–H groups in total. The minimum absolute atomic E-state index is 0.0835. The average molecular weight is 559 g/mol. The maximum atomic E-state index is 13.3. The van der Waals surface area contributed by atoms with Crippen molar-refractivity contribution in [1.29, 1.82) is 0 Å². The summed E-state index contributed by atoms with van der Waals surface area (Å²) in [4.78, 5) is 38.7. The standard InChI is InChI=1S/C27H22Cl3N3O4/c1-37-26(35)21(31-25(34)24-19(29)3-2-4-20(24)30)13-15-5-8-17(9-6-15)33-23-14-16(28)7-12-22(23)32(27(33)36)18-10-11-18/h2-9,12,14,18,21H,10-11,13H2,1H3,(H,31,34). The summed E-state index contributed by atoms with van der Waals surface area (Å²) in [6.45, 7) is 0. The highest BCUT2D eigenvalue weighted by molar-refractivity contribution is 6.39. The van der Waals surface area contributed by atoms with Crippen LogP contribution in [-0.2, 0) is 16.0 Å². The lowest BCUT2D eigenvalue weighted by Gasteiger charge is -2.18. The lowest BCUT2D eigenvalue weighted by atomic mass is 10.0. The zero-order valence-electron chi connectivity index (χ0n) is 19.7. The zero-order chi connectivity index (χ0) is 26.3. The Balaban J connectivity index is 1.43. The van der Waals surface area contributed by atoms with Crippen LogP contribution in [0.2, 0.25) is 15.1 Å². The molecule has 0 radical (unpaired) electrons. The maximum Gasteiger partial charge on any atom is 0.333 e. The molecular weight excluding hydrogens is 537 g/mol. The number of methoxy groups -OCH3 is 1. The van der Waals surface area contributed by atoms with E-state index >= 15 is 0 Å². The number of esters is 1. The first-order valence-corrected chi connectivity index (χ1v) is 12.8. The van der Waals surface area contributed by atoms with Crippen LogP contribution in [-0.4, -0.2) is 34.2 Å². The molecule has 0 aliphatic heterocycles. The summed E-state index contributed by atoms with van der Waals surface area (Å²) >= 11 is 18.5. The van der Waals surface area contributed by atoms with Crippen LogP contribution in [0.15, 0.2) is 65.5 Å². The molecule has 1 aliphatic carbocycles. The molecule has 37 heavy (non-hydrogen) atoms. The third-order valence-corrected chi connectivity index (χ3v) is 7.23. The Hall–Kier alpha value is -3.26. The summed E-state index contributed by atoms with van der Waals surface area (Å²) in [6, 6.07) is 16.6. The zero-order valence-corrected chi connectivity index (χ0v) is 22.0. The molecule has 10 heteroatoms. The van der Waals surface area contributed by atoms with Gasteiger partial charge >= 0.3 is 11.7 Å². The van der Waals surface area contributed by atoms with Gasteiger partial charge in [0.25, 0.3) is 5.91 Å². The first kappa shape index (κ1) is 25.4. The number of aromatic nitrogens is 2. The average Bonchev–Trinajstić information content (AvgIpc) is 3.66. The fraction of sp³-hybridized carbons (Fsp3) is 0.222. The molecular formula is C27H22Cl3N3O4. The van der Waals surface area contributed by atoms with Crippen molar-refractivity contribution in [1.82, 2.24) is 14.5 Å². The molecule has 1 heterocycles. The number of fused-ring (bicyclic) bond motifs is 1. The number of rotatable bonds is 7. The molecule has 190 valence electrons. The normalized spacial score (nSPS) is 13.9. The van der Waals surface area contributed by atoms with E-state index in [1.165, 1.54) is 7.11 Å². The lowest BCUT2D eigenvalue weighted by Crippen LogP contribution is -2.43. The molecule has 1 unspecified atom stereocenters. The Morgan fingerprint density at radius 1 is 1.00 bits per heavy atom. The molecule has 1 saturated carbocycles. The molecule has 0 spiro atoms. The van der Waals surface area contributed by atoms with Gasteiger partial charge in [0.15, 0.2) is 0 Å². The van der Waals surface area contributed by atoms with Crippen LogP contribution in [0.3, 0.4) is 0 Å². The lowest BCUT2D eigenvalue weighted by molar-refractivity contribution is -0.142. The molecule has 1 aromatic heterocycles. The Bertz CT molecular complexity index is 1550. The topological polar surface area (TPSA) is 82.3 Å². The SMILES string of the molecule is COC(=O)C(Cc1ccc(-n2c(=O)n(C3CC3)c3ccc(Cl)cc32)cc1)NC(=O)c1c(Cl)cccc1Cl. The summed E-state index contributed by atoms with van der Waals surface area (Å²) in [6.07, 6.45) is 2.10. The van der Waals surface area contributed by atoms with E-state index in [4.69, 9.17) is 39.5 Å². The Morgan fingerprint density at radius 3 is 2.30 bits per heavy atom. The third-order valence-electron chi connectivity index (χ3n) is 6.36. The van der Waals surface area contributed by atoms with Gasteiger partial charge in [-0.2, -0.15) is 0 Å². The fourth-order valence-electron chi connectivity index (χ4n) is 4.43. The van der Waals surface area contributed by atoms with Gasteiger partial charge in [0, 0.05) is 17.5 Å². The number of halogens is 3. The quantitative estimate of drug-likeness (QED) is 0.299. The summed E-state index contributed by atoms with van der Waals surface area (Å²) in [5, 5.41) is 3.56. The molecule has 7 nitrogen and oxygen atoms in total. The van der Waals surface area contributed by atoms with Crippen LogP contribution in [0, 0.1) is 0 Å². The van der Waals surface area contributed by atoms with E-state index in [-0.39, 0.29) is 33.8 Å². The van der Waals surface area contributed by atoms with Gasteiger partial charge in [0.05, 0.1) is 39.4 Å². The van der Waals surface area contributed by atoms with Gasteiger partial charge in [-0.3, -0.25) is 13.9 Å². The number of carbonyl (C=O) groups is 2. The van der Waals surface area contributed by atoms with Crippen molar-refractivity contribution in [3.05, 3.63) is 97.3 Å². The van der Waals surface area contributed by atoms with Crippen LogP contribution in [0.4, 0.5) is 0 Å². The Kier molecular flexibility index (Phi) is 7.03. The van der Waals surface area contributed by atoms with Crippen molar-refractivity contribution >= 4 is 57.7 Å². The highest BCUT2D eigenvalue weighted by Gasteiger charge is 2.29. The molecule has 0 saturated heterocycles. The molecule has 4 aromatic rings.